The normalized spacial score (nSPS) is 10.9. The van der Waals surface area contributed by atoms with Gasteiger partial charge in [-0.25, -0.2) is 0 Å². The van der Waals surface area contributed by atoms with Crippen molar-refractivity contribution in [3.8, 4) is 0 Å². The van der Waals surface area contributed by atoms with Crippen molar-refractivity contribution in [3.05, 3.63) is 18.0 Å². The maximum atomic E-state index is 4.20. The third kappa shape index (κ3) is 2.74. The molecular weight excluding hydrogens is 136 g/mol. The van der Waals surface area contributed by atoms with E-state index in [-0.39, 0.29) is 0 Å². The molecule has 0 spiro atoms. The standard InChI is InChI=1S/C9H16N2/c1-8(2)4-5-11-7-9(3)6-10-11/h6-8H,4-5H2,1-3H3. The lowest BCUT2D eigenvalue weighted by atomic mass is 10.1. The van der Waals surface area contributed by atoms with E-state index in [4.69, 9.17) is 0 Å². The zero-order chi connectivity index (χ0) is 8.27. The van der Waals surface area contributed by atoms with E-state index in [2.05, 4.69) is 32.1 Å². The van der Waals surface area contributed by atoms with Gasteiger partial charge in [-0.05, 0) is 24.8 Å². The largest absolute Gasteiger partial charge is 0.272 e. The zero-order valence-corrected chi connectivity index (χ0v) is 7.54. The summed E-state index contributed by atoms with van der Waals surface area (Å²) >= 11 is 0. The van der Waals surface area contributed by atoms with E-state index in [0.717, 1.165) is 12.5 Å². The molecule has 0 saturated heterocycles. The summed E-state index contributed by atoms with van der Waals surface area (Å²) in [5.41, 5.74) is 1.24. The van der Waals surface area contributed by atoms with Crippen LogP contribution >= 0.6 is 0 Å². The molecule has 0 radical (unpaired) electrons. The zero-order valence-electron chi connectivity index (χ0n) is 7.54. The van der Waals surface area contributed by atoms with Gasteiger partial charge in [-0.1, -0.05) is 13.8 Å². The van der Waals surface area contributed by atoms with Crippen LogP contribution in [0.15, 0.2) is 12.4 Å². The van der Waals surface area contributed by atoms with Crippen molar-refractivity contribution >= 4 is 0 Å². The van der Waals surface area contributed by atoms with Crippen LogP contribution in [0.4, 0.5) is 0 Å². The van der Waals surface area contributed by atoms with Gasteiger partial charge < -0.3 is 0 Å². The Kier molecular flexibility index (Phi) is 2.69. The predicted molar refractivity (Wildman–Crippen MR) is 46.4 cm³/mol. The fraction of sp³-hybridized carbons (Fsp3) is 0.667. The van der Waals surface area contributed by atoms with Crippen LogP contribution in [-0.2, 0) is 6.54 Å². The van der Waals surface area contributed by atoms with Crippen molar-refractivity contribution in [1.29, 1.82) is 0 Å². The average molecular weight is 152 g/mol. The van der Waals surface area contributed by atoms with Crippen LogP contribution in [-0.4, -0.2) is 9.78 Å². The first-order valence-corrected chi connectivity index (χ1v) is 4.17. The number of aryl methyl sites for hydroxylation is 2. The molecule has 0 N–H and O–H groups in total. The first kappa shape index (κ1) is 8.31. The van der Waals surface area contributed by atoms with E-state index >= 15 is 0 Å². The Hall–Kier alpha value is -0.790. The lowest BCUT2D eigenvalue weighted by molar-refractivity contribution is 0.487. The topological polar surface area (TPSA) is 17.8 Å². The van der Waals surface area contributed by atoms with Crippen molar-refractivity contribution in [2.75, 3.05) is 0 Å². The molecule has 1 heterocycles. The highest BCUT2D eigenvalue weighted by molar-refractivity contribution is 4.99. The van der Waals surface area contributed by atoms with Gasteiger partial charge in [0.1, 0.15) is 0 Å². The Labute approximate surface area is 68.2 Å². The lowest BCUT2D eigenvalue weighted by Gasteiger charge is -2.03. The lowest BCUT2D eigenvalue weighted by Crippen LogP contribution is -2.01. The molecule has 0 atom stereocenters. The summed E-state index contributed by atoms with van der Waals surface area (Å²) in [6.07, 6.45) is 5.20. The molecule has 1 rings (SSSR count). The Morgan fingerprint density at radius 1 is 1.55 bits per heavy atom. The fourth-order valence-electron chi connectivity index (χ4n) is 0.980. The SMILES string of the molecule is Cc1cnn(CCC(C)C)c1. The summed E-state index contributed by atoms with van der Waals surface area (Å²) in [7, 11) is 0. The summed E-state index contributed by atoms with van der Waals surface area (Å²) < 4.78 is 2.01. The Balaban J connectivity index is 2.39. The van der Waals surface area contributed by atoms with Crippen LogP contribution in [0, 0.1) is 12.8 Å². The van der Waals surface area contributed by atoms with Crippen molar-refractivity contribution in [2.45, 2.75) is 33.7 Å². The maximum Gasteiger partial charge on any atom is 0.0518 e. The van der Waals surface area contributed by atoms with Crippen molar-refractivity contribution in [2.24, 2.45) is 5.92 Å². The molecule has 0 fully saturated rings. The Morgan fingerprint density at radius 2 is 2.27 bits per heavy atom. The van der Waals surface area contributed by atoms with Crippen molar-refractivity contribution in [1.82, 2.24) is 9.78 Å². The van der Waals surface area contributed by atoms with E-state index in [9.17, 15) is 0 Å². The summed E-state index contributed by atoms with van der Waals surface area (Å²) in [6.45, 7) is 7.58. The van der Waals surface area contributed by atoms with Crippen LogP contribution in [0.2, 0.25) is 0 Å². The molecule has 0 unspecified atom stereocenters. The highest BCUT2D eigenvalue weighted by Crippen LogP contribution is 2.02. The molecule has 2 heteroatoms. The fourth-order valence-corrected chi connectivity index (χ4v) is 0.980. The van der Waals surface area contributed by atoms with Crippen LogP contribution < -0.4 is 0 Å². The highest BCUT2D eigenvalue weighted by Gasteiger charge is 1.96. The van der Waals surface area contributed by atoms with Gasteiger partial charge in [-0.2, -0.15) is 5.10 Å². The molecule has 0 amide bonds. The summed E-state index contributed by atoms with van der Waals surface area (Å²) in [6, 6.07) is 0. The van der Waals surface area contributed by atoms with Gasteiger partial charge in [0, 0.05) is 12.7 Å². The monoisotopic (exact) mass is 152 g/mol. The molecule has 0 aliphatic carbocycles. The molecule has 0 bridgehead atoms. The summed E-state index contributed by atoms with van der Waals surface area (Å²) in [5.74, 6) is 0.763. The molecule has 1 aromatic heterocycles. The minimum absolute atomic E-state index is 0.763. The molecule has 62 valence electrons. The Bertz CT molecular complexity index is 213. The van der Waals surface area contributed by atoms with Crippen LogP contribution in [0.1, 0.15) is 25.8 Å². The third-order valence-corrected chi connectivity index (χ3v) is 1.70. The van der Waals surface area contributed by atoms with Gasteiger partial charge in [0.15, 0.2) is 0 Å². The highest BCUT2D eigenvalue weighted by atomic mass is 15.3. The first-order chi connectivity index (χ1) is 5.18. The van der Waals surface area contributed by atoms with Crippen LogP contribution in [0.3, 0.4) is 0 Å². The molecule has 2 nitrogen and oxygen atoms in total. The van der Waals surface area contributed by atoms with Gasteiger partial charge in [-0.3, -0.25) is 4.68 Å². The number of rotatable bonds is 3. The van der Waals surface area contributed by atoms with E-state index < -0.39 is 0 Å². The van der Waals surface area contributed by atoms with Crippen molar-refractivity contribution in [3.63, 3.8) is 0 Å². The van der Waals surface area contributed by atoms with E-state index in [1.165, 1.54) is 12.0 Å². The number of hydrogen-bond donors (Lipinski definition) is 0. The number of aromatic nitrogens is 2. The second-order valence-electron chi connectivity index (χ2n) is 3.46. The van der Waals surface area contributed by atoms with E-state index in [1.54, 1.807) is 0 Å². The van der Waals surface area contributed by atoms with E-state index in [1.807, 2.05) is 10.9 Å². The van der Waals surface area contributed by atoms with Gasteiger partial charge in [-0.15, -0.1) is 0 Å². The van der Waals surface area contributed by atoms with Crippen molar-refractivity contribution < 1.29 is 0 Å². The van der Waals surface area contributed by atoms with E-state index in [0.29, 0.717) is 0 Å². The molecule has 0 aliphatic rings. The second-order valence-corrected chi connectivity index (χ2v) is 3.46. The van der Waals surface area contributed by atoms with Gasteiger partial charge >= 0.3 is 0 Å². The number of hydrogen-bond acceptors (Lipinski definition) is 1. The third-order valence-electron chi connectivity index (χ3n) is 1.70. The number of nitrogens with zero attached hydrogens (tertiary/aromatic N) is 2. The van der Waals surface area contributed by atoms with Gasteiger partial charge in [0.25, 0.3) is 0 Å². The quantitative estimate of drug-likeness (QED) is 0.649. The van der Waals surface area contributed by atoms with Crippen LogP contribution in [0.25, 0.3) is 0 Å². The maximum absolute atomic E-state index is 4.20. The summed E-state index contributed by atoms with van der Waals surface area (Å²) in [4.78, 5) is 0. The average Bonchev–Trinajstić information content (AvgIpc) is 2.31. The molecule has 0 aliphatic heterocycles. The molecule has 11 heavy (non-hydrogen) atoms. The molecule has 1 aromatic rings. The molecule has 0 aromatic carbocycles. The van der Waals surface area contributed by atoms with Gasteiger partial charge in [0.05, 0.1) is 6.20 Å². The minimum Gasteiger partial charge on any atom is -0.272 e. The Morgan fingerprint density at radius 3 is 2.73 bits per heavy atom. The van der Waals surface area contributed by atoms with Crippen LogP contribution in [0.5, 0.6) is 0 Å². The van der Waals surface area contributed by atoms with Gasteiger partial charge in [0.2, 0.25) is 0 Å². The second kappa shape index (κ2) is 3.56. The first-order valence-electron chi connectivity index (χ1n) is 4.17. The summed E-state index contributed by atoms with van der Waals surface area (Å²) in [5, 5.41) is 4.20. The smallest absolute Gasteiger partial charge is 0.0518 e. The molecular formula is C9H16N2. The minimum atomic E-state index is 0.763. The predicted octanol–water partition coefficient (Wildman–Crippen LogP) is 2.24. The molecule has 0 saturated carbocycles.